The van der Waals surface area contributed by atoms with Gasteiger partial charge in [0.05, 0.1) is 6.33 Å². The van der Waals surface area contributed by atoms with Crippen molar-refractivity contribution in [3.05, 3.63) is 18.2 Å². The van der Waals surface area contributed by atoms with Crippen LogP contribution in [0.1, 0.15) is 122 Å². The normalized spacial score (nSPS) is 12.7. The van der Waals surface area contributed by atoms with E-state index in [2.05, 4.69) is 27.5 Å². The lowest BCUT2D eigenvalue weighted by atomic mass is 10.0. The Hall–Kier alpha value is -2.42. The van der Waals surface area contributed by atoms with Crippen LogP contribution < -0.4 is 22.1 Å². The van der Waals surface area contributed by atoms with Crippen LogP contribution in [-0.4, -0.2) is 46.3 Å². The van der Waals surface area contributed by atoms with E-state index in [-0.39, 0.29) is 12.3 Å². The van der Waals surface area contributed by atoms with Crippen molar-refractivity contribution in [2.45, 2.75) is 135 Å². The first-order valence-electron chi connectivity index (χ1n) is 14.5. The number of rotatable bonds is 24. The van der Waals surface area contributed by atoms with Gasteiger partial charge in [-0.2, -0.15) is 0 Å². The molecule has 1 aromatic rings. The van der Waals surface area contributed by atoms with E-state index in [4.69, 9.17) is 11.5 Å². The van der Waals surface area contributed by atoms with E-state index in [1.165, 1.54) is 70.5 Å². The first-order valence-corrected chi connectivity index (χ1v) is 14.5. The number of carbonyl (C=O) groups excluding carboxylic acids is 3. The molecule has 7 N–H and O–H groups in total. The van der Waals surface area contributed by atoms with E-state index in [0.29, 0.717) is 25.8 Å². The lowest BCUT2D eigenvalue weighted by Gasteiger charge is -2.21. The van der Waals surface area contributed by atoms with Gasteiger partial charge in [-0.05, 0) is 32.2 Å². The second-order valence-electron chi connectivity index (χ2n) is 10.1. The van der Waals surface area contributed by atoms with Gasteiger partial charge in [0.2, 0.25) is 17.7 Å². The lowest BCUT2D eigenvalue weighted by Crippen LogP contribution is -2.53. The van der Waals surface area contributed by atoms with Gasteiger partial charge < -0.3 is 27.1 Å². The molecule has 9 heteroatoms. The highest BCUT2D eigenvalue weighted by Crippen LogP contribution is 2.13. The summed E-state index contributed by atoms with van der Waals surface area (Å²) in [6.45, 7) is 2.76. The quantitative estimate of drug-likeness (QED) is 0.130. The van der Waals surface area contributed by atoms with Crippen molar-refractivity contribution in [2.24, 2.45) is 11.5 Å². The summed E-state index contributed by atoms with van der Waals surface area (Å²) >= 11 is 0. The number of imidazole rings is 1. The molecule has 0 aliphatic carbocycles. The molecular weight excluding hydrogens is 468 g/mol. The second-order valence-corrected chi connectivity index (χ2v) is 10.1. The predicted octanol–water partition coefficient (Wildman–Crippen LogP) is 4.02. The summed E-state index contributed by atoms with van der Waals surface area (Å²) < 4.78 is 0. The zero-order valence-corrected chi connectivity index (χ0v) is 23.1. The summed E-state index contributed by atoms with van der Waals surface area (Å²) in [6.07, 6.45) is 21.8. The van der Waals surface area contributed by atoms with Crippen LogP contribution in [0, 0.1) is 0 Å². The smallest absolute Gasteiger partial charge is 0.243 e. The molecule has 0 aliphatic rings. The zero-order valence-electron chi connectivity index (χ0n) is 23.1. The summed E-state index contributed by atoms with van der Waals surface area (Å²) in [5, 5.41) is 5.55. The Bertz CT molecular complexity index is 726. The molecule has 0 aliphatic heterocycles. The molecule has 0 saturated heterocycles. The number of unbranched alkanes of at least 4 members (excludes halogenated alkanes) is 13. The van der Waals surface area contributed by atoms with E-state index >= 15 is 0 Å². The van der Waals surface area contributed by atoms with Crippen LogP contribution in [0.3, 0.4) is 0 Å². The van der Waals surface area contributed by atoms with Crippen LogP contribution in [-0.2, 0) is 20.8 Å². The molecule has 0 saturated carbocycles. The van der Waals surface area contributed by atoms with Crippen molar-refractivity contribution in [1.82, 2.24) is 20.6 Å². The standard InChI is InChI=1S/C28H52N6O3/c1-2-3-4-5-6-7-8-9-10-11-12-13-14-18-26(35)33-25(20-23-21-31-22-32-23)28(37)34-24(27(30)36)17-15-16-19-29/h21-22,24-25H,2-20,29H2,1H3,(H2,30,36)(H,31,32)(H,33,35)(H,34,37)/t24-,25-/m0/s1. The summed E-state index contributed by atoms with van der Waals surface area (Å²) in [4.78, 5) is 44.3. The monoisotopic (exact) mass is 520 g/mol. The predicted molar refractivity (Wildman–Crippen MR) is 149 cm³/mol. The van der Waals surface area contributed by atoms with Crippen LogP contribution in [0.2, 0.25) is 0 Å². The van der Waals surface area contributed by atoms with Crippen LogP contribution in [0.15, 0.2) is 12.5 Å². The van der Waals surface area contributed by atoms with Crippen molar-refractivity contribution < 1.29 is 14.4 Å². The topological polar surface area (TPSA) is 156 Å². The van der Waals surface area contributed by atoms with Crippen molar-refractivity contribution in [2.75, 3.05) is 6.54 Å². The first-order chi connectivity index (χ1) is 18.0. The molecule has 212 valence electrons. The third kappa shape index (κ3) is 16.9. The fourth-order valence-corrected chi connectivity index (χ4v) is 4.45. The fourth-order valence-electron chi connectivity index (χ4n) is 4.45. The number of H-pyrrole nitrogens is 1. The van der Waals surface area contributed by atoms with E-state index in [9.17, 15) is 14.4 Å². The van der Waals surface area contributed by atoms with Crippen molar-refractivity contribution >= 4 is 17.7 Å². The molecule has 0 bridgehead atoms. The van der Waals surface area contributed by atoms with Crippen LogP contribution in [0.5, 0.6) is 0 Å². The minimum absolute atomic E-state index is 0.165. The van der Waals surface area contributed by atoms with E-state index < -0.39 is 23.9 Å². The Morgan fingerprint density at radius 2 is 1.43 bits per heavy atom. The number of nitrogens with zero attached hydrogens (tertiary/aromatic N) is 1. The summed E-state index contributed by atoms with van der Waals surface area (Å²) in [6, 6.07) is -1.60. The molecule has 2 atom stereocenters. The number of aromatic amines is 1. The highest BCUT2D eigenvalue weighted by atomic mass is 16.2. The number of carbonyl (C=O) groups is 3. The third-order valence-electron chi connectivity index (χ3n) is 6.74. The number of hydrogen-bond acceptors (Lipinski definition) is 5. The molecule has 0 unspecified atom stereocenters. The molecule has 0 radical (unpaired) electrons. The van der Waals surface area contributed by atoms with Gasteiger partial charge in [-0.3, -0.25) is 14.4 Å². The number of nitrogens with one attached hydrogen (secondary N) is 3. The Labute approximate surface area is 223 Å². The Morgan fingerprint density at radius 3 is 1.95 bits per heavy atom. The Balaban J connectivity index is 2.33. The van der Waals surface area contributed by atoms with Crippen molar-refractivity contribution in [3.63, 3.8) is 0 Å². The van der Waals surface area contributed by atoms with Crippen LogP contribution in [0.25, 0.3) is 0 Å². The maximum Gasteiger partial charge on any atom is 0.243 e. The first kappa shape index (κ1) is 32.6. The SMILES string of the molecule is CCCCCCCCCCCCCCCC(=O)N[C@@H](Cc1cnc[nH]1)C(=O)N[C@@H](CCCCN)C(N)=O. The molecule has 1 heterocycles. The van der Waals surface area contributed by atoms with Crippen LogP contribution in [0.4, 0.5) is 0 Å². The molecule has 0 fully saturated rings. The third-order valence-corrected chi connectivity index (χ3v) is 6.74. The van der Waals surface area contributed by atoms with Gasteiger partial charge in [0.1, 0.15) is 12.1 Å². The molecule has 1 rings (SSSR count). The van der Waals surface area contributed by atoms with Gasteiger partial charge in [0, 0.05) is 24.7 Å². The number of aromatic nitrogens is 2. The fraction of sp³-hybridized carbons (Fsp3) is 0.786. The Morgan fingerprint density at radius 1 is 0.838 bits per heavy atom. The summed E-state index contributed by atoms with van der Waals surface area (Å²) in [5.74, 6) is -1.18. The van der Waals surface area contributed by atoms with Crippen molar-refractivity contribution in [1.29, 1.82) is 0 Å². The number of primary amides is 1. The van der Waals surface area contributed by atoms with Gasteiger partial charge in [-0.1, -0.05) is 84.0 Å². The number of hydrogen-bond donors (Lipinski definition) is 5. The van der Waals surface area contributed by atoms with Crippen LogP contribution >= 0.6 is 0 Å². The Kier molecular flexibility index (Phi) is 19.1. The lowest BCUT2D eigenvalue weighted by molar-refractivity contribution is -0.131. The van der Waals surface area contributed by atoms with Gasteiger partial charge in [-0.15, -0.1) is 0 Å². The molecule has 3 amide bonds. The van der Waals surface area contributed by atoms with Gasteiger partial charge >= 0.3 is 0 Å². The average Bonchev–Trinajstić information content (AvgIpc) is 3.39. The molecule has 1 aromatic heterocycles. The van der Waals surface area contributed by atoms with E-state index in [1.807, 2.05) is 0 Å². The number of nitrogens with two attached hydrogens (primary N) is 2. The minimum Gasteiger partial charge on any atom is -0.368 e. The van der Waals surface area contributed by atoms with Gasteiger partial charge in [-0.25, -0.2) is 4.98 Å². The highest BCUT2D eigenvalue weighted by molar-refractivity contribution is 5.91. The van der Waals surface area contributed by atoms with E-state index in [1.54, 1.807) is 6.20 Å². The van der Waals surface area contributed by atoms with Gasteiger partial charge in [0.15, 0.2) is 0 Å². The van der Waals surface area contributed by atoms with E-state index in [0.717, 1.165) is 31.4 Å². The number of amides is 3. The maximum absolute atomic E-state index is 12.9. The largest absolute Gasteiger partial charge is 0.368 e. The average molecular weight is 521 g/mol. The zero-order chi connectivity index (χ0) is 27.1. The summed E-state index contributed by atoms with van der Waals surface area (Å²) in [5.41, 5.74) is 11.7. The summed E-state index contributed by atoms with van der Waals surface area (Å²) in [7, 11) is 0. The van der Waals surface area contributed by atoms with Gasteiger partial charge in [0.25, 0.3) is 0 Å². The maximum atomic E-state index is 12.9. The molecule has 9 nitrogen and oxygen atoms in total. The molecule has 0 spiro atoms. The second kappa shape index (κ2) is 21.6. The molecule has 37 heavy (non-hydrogen) atoms. The molecule has 0 aromatic carbocycles. The molecular formula is C28H52N6O3. The minimum atomic E-state index is -0.814. The van der Waals surface area contributed by atoms with Crippen molar-refractivity contribution in [3.8, 4) is 0 Å². The highest BCUT2D eigenvalue weighted by Gasteiger charge is 2.26.